The maximum absolute atomic E-state index is 12.0. The van der Waals surface area contributed by atoms with Crippen molar-refractivity contribution in [3.05, 3.63) is 34.9 Å². The van der Waals surface area contributed by atoms with E-state index in [0.717, 1.165) is 6.42 Å². The van der Waals surface area contributed by atoms with Crippen LogP contribution in [0.2, 0.25) is 0 Å². The Balaban J connectivity index is 2.54. The Morgan fingerprint density at radius 3 is 2.63 bits per heavy atom. The van der Waals surface area contributed by atoms with Gasteiger partial charge in [-0.25, -0.2) is 0 Å². The zero-order valence-corrected chi connectivity index (χ0v) is 12.6. The van der Waals surface area contributed by atoms with Gasteiger partial charge in [0.1, 0.15) is 0 Å². The molecule has 1 aromatic carbocycles. The number of rotatable bonds is 6. The van der Waals surface area contributed by atoms with Crippen molar-refractivity contribution in [2.75, 3.05) is 13.6 Å². The van der Waals surface area contributed by atoms with Gasteiger partial charge in [-0.2, -0.15) is 0 Å². The van der Waals surface area contributed by atoms with Crippen LogP contribution >= 0.6 is 0 Å². The van der Waals surface area contributed by atoms with Gasteiger partial charge in [0.15, 0.2) is 0 Å². The molecule has 3 nitrogen and oxygen atoms in total. The summed E-state index contributed by atoms with van der Waals surface area (Å²) in [6.45, 7) is 7.59. The third-order valence-corrected chi connectivity index (χ3v) is 3.58. The summed E-state index contributed by atoms with van der Waals surface area (Å²) in [6.07, 6.45) is 1.45. The van der Waals surface area contributed by atoms with Crippen molar-refractivity contribution in [1.29, 1.82) is 0 Å². The van der Waals surface area contributed by atoms with Crippen LogP contribution in [0.25, 0.3) is 0 Å². The number of benzene rings is 1. The second-order valence-electron chi connectivity index (χ2n) is 5.56. The van der Waals surface area contributed by atoms with E-state index in [-0.39, 0.29) is 5.91 Å². The third kappa shape index (κ3) is 5.03. The number of amides is 1. The van der Waals surface area contributed by atoms with Gasteiger partial charge in [0.05, 0.1) is 0 Å². The van der Waals surface area contributed by atoms with Gasteiger partial charge in [-0.05, 0) is 43.9 Å². The molecule has 1 aromatic rings. The summed E-state index contributed by atoms with van der Waals surface area (Å²) >= 11 is 0. The van der Waals surface area contributed by atoms with Crippen LogP contribution in [0.15, 0.2) is 18.2 Å². The predicted molar refractivity (Wildman–Crippen MR) is 79.8 cm³/mol. The van der Waals surface area contributed by atoms with Gasteiger partial charge in [-0.3, -0.25) is 4.79 Å². The summed E-state index contributed by atoms with van der Waals surface area (Å²) in [5.41, 5.74) is 9.28. The summed E-state index contributed by atoms with van der Waals surface area (Å²) in [5.74, 6) is 0.610. The van der Waals surface area contributed by atoms with Crippen LogP contribution in [-0.2, 0) is 11.3 Å². The van der Waals surface area contributed by atoms with E-state index in [4.69, 9.17) is 5.73 Å². The maximum atomic E-state index is 12.0. The van der Waals surface area contributed by atoms with E-state index in [0.29, 0.717) is 25.4 Å². The highest BCUT2D eigenvalue weighted by Gasteiger charge is 2.11. The Morgan fingerprint density at radius 2 is 2.05 bits per heavy atom. The van der Waals surface area contributed by atoms with E-state index in [1.807, 2.05) is 7.05 Å². The molecular formula is C16H26N2O. The SMILES string of the molecule is Cc1ccc(CN(C)C(=O)CCC(C)CN)c(C)c1. The monoisotopic (exact) mass is 262 g/mol. The average molecular weight is 262 g/mol. The second kappa shape index (κ2) is 7.29. The topological polar surface area (TPSA) is 46.3 Å². The molecule has 0 heterocycles. The molecule has 0 radical (unpaired) electrons. The second-order valence-corrected chi connectivity index (χ2v) is 5.56. The van der Waals surface area contributed by atoms with Gasteiger partial charge < -0.3 is 10.6 Å². The van der Waals surface area contributed by atoms with Crippen molar-refractivity contribution < 1.29 is 4.79 Å². The smallest absolute Gasteiger partial charge is 0.222 e. The number of hydrogen-bond donors (Lipinski definition) is 1. The molecule has 0 bridgehead atoms. The van der Waals surface area contributed by atoms with Crippen molar-refractivity contribution in [1.82, 2.24) is 4.90 Å². The van der Waals surface area contributed by atoms with Crippen LogP contribution < -0.4 is 5.73 Å². The molecule has 0 aliphatic heterocycles. The summed E-state index contributed by atoms with van der Waals surface area (Å²) in [7, 11) is 1.87. The first-order chi connectivity index (χ1) is 8.93. The highest BCUT2D eigenvalue weighted by atomic mass is 16.2. The standard InChI is InChI=1S/C16H26N2O/c1-12-5-7-15(14(3)9-12)11-18(4)16(19)8-6-13(2)10-17/h5,7,9,13H,6,8,10-11,17H2,1-4H3. The van der Waals surface area contributed by atoms with Crippen LogP contribution in [-0.4, -0.2) is 24.4 Å². The van der Waals surface area contributed by atoms with E-state index in [1.165, 1.54) is 16.7 Å². The van der Waals surface area contributed by atoms with E-state index in [2.05, 4.69) is 39.0 Å². The van der Waals surface area contributed by atoms with Crippen LogP contribution in [0.4, 0.5) is 0 Å². The third-order valence-electron chi connectivity index (χ3n) is 3.58. The van der Waals surface area contributed by atoms with Crippen molar-refractivity contribution in [3.8, 4) is 0 Å². The number of nitrogens with zero attached hydrogens (tertiary/aromatic N) is 1. The van der Waals surface area contributed by atoms with E-state index in [9.17, 15) is 4.79 Å². The number of carbonyl (C=O) groups excluding carboxylic acids is 1. The fourth-order valence-corrected chi connectivity index (χ4v) is 2.05. The fraction of sp³-hybridized carbons (Fsp3) is 0.562. The van der Waals surface area contributed by atoms with Gasteiger partial charge >= 0.3 is 0 Å². The first kappa shape index (κ1) is 15.7. The normalized spacial score (nSPS) is 12.3. The molecule has 0 aliphatic rings. The van der Waals surface area contributed by atoms with Gasteiger partial charge in [-0.1, -0.05) is 30.7 Å². The van der Waals surface area contributed by atoms with E-state index >= 15 is 0 Å². The van der Waals surface area contributed by atoms with Gasteiger partial charge in [0, 0.05) is 20.0 Å². The molecule has 19 heavy (non-hydrogen) atoms. The van der Waals surface area contributed by atoms with Crippen LogP contribution in [0.3, 0.4) is 0 Å². The quantitative estimate of drug-likeness (QED) is 0.856. The minimum Gasteiger partial charge on any atom is -0.341 e. The lowest BCUT2D eigenvalue weighted by Gasteiger charge is -2.19. The van der Waals surface area contributed by atoms with Crippen molar-refractivity contribution in [2.24, 2.45) is 11.7 Å². The molecular weight excluding hydrogens is 236 g/mol. The summed E-state index contributed by atoms with van der Waals surface area (Å²) in [6, 6.07) is 6.36. The fourth-order valence-electron chi connectivity index (χ4n) is 2.05. The van der Waals surface area contributed by atoms with Crippen LogP contribution in [0, 0.1) is 19.8 Å². The van der Waals surface area contributed by atoms with E-state index < -0.39 is 0 Å². The molecule has 0 saturated carbocycles. The highest BCUT2D eigenvalue weighted by molar-refractivity contribution is 5.75. The molecule has 1 amide bonds. The van der Waals surface area contributed by atoms with Crippen LogP contribution in [0.5, 0.6) is 0 Å². The first-order valence-electron chi connectivity index (χ1n) is 6.94. The Labute approximate surface area is 116 Å². The number of hydrogen-bond acceptors (Lipinski definition) is 2. The van der Waals surface area contributed by atoms with Gasteiger partial charge in [-0.15, -0.1) is 0 Å². The van der Waals surface area contributed by atoms with Crippen molar-refractivity contribution in [3.63, 3.8) is 0 Å². The lowest BCUT2D eigenvalue weighted by Crippen LogP contribution is -2.27. The molecule has 0 fully saturated rings. The first-order valence-corrected chi connectivity index (χ1v) is 6.94. The maximum Gasteiger partial charge on any atom is 0.222 e. The molecule has 2 N–H and O–H groups in total. The van der Waals surface area contributed by atoms with Crippen molar-refractivity contribution >= 4 is 5.91 Å². The zero-order chi connectivity index (χ0) is 14.4. The van der Waals surface area contributed by atoms with Crippen LogP contribution in [0.1, 0.15) is 36.5 Å². The lowest BCUT2D eigenvalue weighted by atomic mass is 10.0. The number of nitrogens with two attached hydrogens (primary N) is 1. The largest absolute Gasteiger partial charge is 0.341 e. The molecule has 1 rings (SSSR count). The number of carbonyl (C=O) groups is 1. The zero-order valence-electron chi connectivity index (χ0n) is 12.6. The molecule has 1 atom stereocenters. The molecule has 0 saturated heterocycles. The Bertz CT molecular complexity index is 429. The Hall–Kier alpha value is -1.35. The summed E-state index contributed by atoms with van der Waals surface area (Å²) in [4.78, 5) is 13.8. The summed E-state index contributed by atoms with van der Waals surface area (Å²) < 4.78 is 0. The van der Waals surface area contributed by atoms with E-state index in [1.54, 1.807) is 4.90 Å². The Morgan fingerprint density at radius 1 is 1.37 bits per heavy atom. The Kier molecular flexibility index (Phi) is 6.03. The molecule has 106 valence electrons. The molecule has 0 aliphatic carbocycles. The predicted octanol–water partition coefficient (Wildman–Crippen LogP) is 2.64. The van der Waals surface area contributed by atoms with Gasteiger partial charge in [0.25, 0.3) is 0 Å². The summed E-state index contributed by atoms with van der Waals surface area (Å²) in [5, 5.41) is 0. The van der Waals surface area contributed by atoms with Gasteiger partial charge in [0.2, 0.25) is 5.91 Å². The lowest BCUT2D eigenvalue weighted by molar-refractivity contribution is -0.130. The number of aryl methyl sites for hydroxylation is 2. The molecule has 0 aromatic heterocycles. The minimum atomic E-state index is 0.195. The molecule has 0 spiro atoms. The molecule has 3 heteroatoms. The highest BCUT2D eigenvalue weighted by Crippen LogP contribution is 2.14. The minimum absolute atomic E-state index is 0.195. The van der Waals surface area contributed by atoms with Crippen molar-refractivity contribution in [2.45, 2.75) is 40.2 Å². The average Bonchev–Trinajstić information content (AvgIpc) is 2.38. The molecule has 1 unspecified atom stereocenters.